The van der Waals surface area contributed by atoms with Crippen LogP contribution in [0.2, 0.25) is 0 Å². The van der Waals surface area contributed by atoms with Crippen molar-refractivity contribution in [3.63, 3.8) is 0 Å². The molecule has 0 unspecified atom stereocenters. The molecule has 1 heterocycles. The van der Waals surface area contributed by atoms with Crippen LogP contribution in [0.25, 0.3) is 0 Å². The van der Waals surface area contributed by atoms with Crippen LogP contribution >= 0.6 is 24.0 Å². The van der Waals surface area contributed by atoms with Gasteiger partial charge in [-0.15, -0.1) is 30.6 Å². The molecule has 0 saturated heterocycles. The second-order valence-corrected chi connectivity index (χ2v) is 5.67. The first kappa shape index (κ1) is 21.0. The van der Waals surface area contributed by atoms with Crippen LogP contribution in [-0.2, 0) is 6.42 Å². The maximum atomic E-state index is 5.35. The van der Waals surface area contributed by atoms with Crippen molar-refractivity contribution >= 4 is 29.9 Å². The maximum absolute atomic E-state index is 5.35. The van der Waals surface area contributed by atoms with Gasteiger partial charge < -0.3 is 14.6 Å². The van der Waals surface area contributed by atoms with Crippen LogP contribution in [-0.4, -0.2) is 37.5 Å². The zero-order valence-electron chi connectivity index (χ0n) is 14.0. The number of aliphatic imine (C=N–C) groups is 1. The normalized spacial score (nSPS) is 11.2. The fourth-order valence-electron chi connectivity index (χ4n) is 1.91. The lowest BCUT2D eigenvalue weighted by Crippen LogP contribution is -2.40. The smallest absolute Gasteiger partial charge is 0.193 e. The van der Waals surface area contributed by atoms with Crippen molar-refractivity contribution in [3.8, 4) is 0 Å². The molecule has 0 aliphatic carbocycles. The standard InChI is InChI=1S/C17H29N3O.HI/c1-5-6-7-12-20(4)17(19-14-15(2)3)18-11-10-16-9-8-13-21-16;/h5,8-9,13,15H,1,6-7,10-12,14H2,2-4H3,(H,18,19);1H. The Hall–Kier alpha value is -0.980. The van der Waals surface area contributed by atoms with Crippen molar-refractivity contribution in [2.45, 2.75) is 33.1 Å². The number of furan rings is 1. The molecule has 126 valence electrons. The van der Waals surface area contributed by atoms with Gasteiger partial charge in [-0.05, 0) is 30.9 Å². The molecule has 0 amide bonds. The summed E-state index contributed by atoms with van der Waals surface area (Å²) in [5, 5.41) is 3.43. The molecule has 1 rings (SSSR count). The summed E-state index contributed by atoms with van der Waals surface area (Å²) in [5.41, 5.74) is 0. The zero-order valence-corrected chi connectivity index (χ0v) is 16.4. The van der Waals surface area contributed by atoms with Gasteiger partial charge in [0.2, 0.25) is 0 Å². The van der Waals surface area contributed by atoms with E-state index in [0.717, 1.165) is 50.6 Å². The van der Waals surface area contributed by atoms with Gasteiger partial charge in [-0.2, -0.15) is 0 Å². The second kappa shape index (κ2) is 12.6. The number of rotatable bonds is 9. The summed E-state index contributed by atoms with van der Waals surface area (Å²) in [7, 11) is 2.09. The van der Waals surface area contributed by atoms with Crippen LogP contribution in [0.1, 0.15) is 32.4 Å². The Morgan fingerprint density at radius 1 is 1.50 bits per heavy atom. The largest absolute Gasteiger partial charge is 0.469 e. The van der Waals surface area contributed by atoms with Crippen molar-refractivity contribution in [2.75, 3.05) is 26.7 Å². The molecule has 5 heteroatoms. The predicted molar refractivity (Wildman–Crippen MR) is 105 cm³/mol. The lowest BCUT2D eigenvalue weighted by atomic mass is 10.2. The van der Waals surface area contributed by atoms with Gasteiger partial charge in [-0.25, -0.2) is 0 Å². The molecule has 1 N–H and O–H groups in total. The van der Waals surface area contributed by atoms with Gasteiger partial charge in [-0.3, -0.25) is 4.99 Å². The van der Waals surface area contributed by atoms with Gasteiger partial charge in [0.15, 0.2) is 5.96 Å². The molecule has 0 saturated carbocycles. The van der Waals surface area contributed by atoms with E-state index in [-0.39, 0.29) is 24.0 Å². The number of nitrogens with zero attached hydrogens (tertiary/aromatic N) is 2. The first-order valence-electron chi connectivity index (χ1n) is 7.76. The van der Waals surface area contributed by atoms with E-state index in [1.165, 1.54) is 0 Å². The highest BCUT2D eigenvalue weighted by molar-refractivity contribution is 14.0. The maximum Gasteiger partial charge on any atom is 0.193 e. The number of allylic oxidation sites excluding steroid dienone is 1. The Balaban J connectivity index is 0.00000441. The fourth-order valence-corrected chi connectivity index (χ4v) is 1.91. The molecule has 0 aliphatic heterocycles. The molecule has 1 aromatic heterocycles. The summed E-state index contributed by atoms with van der Waals surface area (Å²) in [6.45, 7) is 10.8. The zero-order chi connectivity index (χ0) is 15.5. The van der Waals surface area contributed by atoms with Crippen molar-refractivity contribution in [3.05, 3.63) is 36.8 Å². The van der Waals surface area contributed by atoms with E-state index in [9.17, 15) is 0 Å². The molecule has 0 bridgehead atoms. The number of unbranched alkanes of at least 4 members (excludes halogenated alkanes) is 1. The molecular formula is C17H30IN3O. The minimum atomic E-state index is 0. The van der Waals surface area contributed by atoms with E-state index in [0.29, 0.717) is 5.92 Å². The summed E-state index contributed by atoms with van der Waals surface area (Å²) in [5.74, 6) is 2.53. The van der Waals surface area contributed by atoms with Gasteiger partial charge in [0, 0.05) is 33.1 Å². The Morgan fingerprint density at radius 2 is 2.27 bits per heavy atom. The van der Waals surface area contributed by atoms with Gasteiger partial charge >= 0.3 is 0 Å². The monoisotopic (exact) mass is 419 g/mol. The first-order chi connectivity index (χ1) is 10.1. The van der Waals surface area contributed by atoms with Crippen molar-refractivity contribution in [1.29, 1.82) is 0 Å². The van der Waals surface area contributed by atoms with Crippen LogP contribution in [0.15, 0.2) is 40.5 Å². The number of nitrogens with one attached hydrogen (secondary N) is 1. The second-order valence-electron chi connectivity index (χ2n) is 5.67. The lowest BCUT2D eigenvalue weighted by molar-refractivity contribution is 0.461. The van der Waals surface area contributed by atoms with E-state index < -0.39 is 0 Å². The highest BCUT2D eigenvalue weighted by Gasteiger charge is 2.06. The molecule has 0 atom stereocenters. The molecule has 0 aliphatic rings. The number of guanidine groups is 1. The molecule has 0 aromatic carbocycles. The Bertz CT molecular complexity index is 416. The fraction of sp³-hybridized carbons (Fsp3) is 0.588. The van der Waals surface area contributed by atoms with Gasteiger partial charge in [0.1, 0.15) is 5.76 Å². The Morgan fingerprint density at radius 3 is 2.86 bits per heavy atom. The molecular weight excluding hydrogens is 389 g/mol. The highest BCUT2D eigenvalue weighted by atomic mass is 127. The van der Waals surface area contributed by atoms with Crippen LogP contribution in [0.5, 0.6) is 0 Å². The van der Waals surface area contributed by atoms with E-state index in [2.05, 4.69) is 37.7 Å². The van der Waals surface area contributed by atoms with E-state index in [1.54, 1.807) is 6.26 Å². The molecule has 0 spiro atoms. The van der Waals surface area contributed by atoms with E-state index in [4.69, 9.17) is 9.41 Å². The quantitative estimate of drug-likeness (QED) is 0.217. The Labute approximate surface area is 152 Å². The van der Waals surface area contributed by atoms with E-state index >= 15 is 0 Å². The van der Waals surface area contributed by atoms with E-state index in [1.807, 2.05) is 18.2 Å². The summed E-state index contributed by atoms with van der Waals surface area (Å²) >= 11 is 0. The lowest BCUT2D eigenvalue weighted by Gasteiger charge is -2.22. The van der Waals surface area contributed by atoms with Crippen LogP contribution in [0, 0.1) is 5.92 Å². The van der Waals surface area contributed by atoms with Gasteiger partial charge in [-0.1, -0.05) is 19.9 Å². The van der Waals surface area contributed by atoms with Crippen LogP contribution < -0.4 is 5.32 Å². The third kappa shape index (κ3) is 9.12. The van der Waals surface area contributed by atoms with Crippen molar-refractivity contribution < 1.29 is 4.42 Å². The van der Waals surface area contributed by atoms with Gasteiger partial charge in [0.25, 0.3) is 0 Å². The van der Waals surface area contributed by atoms with Crippen LogP contribution in [0.4, 0.5) is 0 Å². The molecule has 1 aromatic rings. The third-order valence-electron chi connectivity index (χ3n) is 3.10. The third-order valence-corrected chi connectivity index (χ3v) is 3.10. The summed E-state index contributed by atoms with van der Waals surface area (Å²) < 4.78 is 5.35. The average Bonchev–Trinajstić information content (AvgIpc) is 2.95. The molecule has 22 heavy (non-hydrogen) atoms. The minimum absolute atomic E-state index is 0. The van der Waals surface area contributed by atoms with Gasteiger partial charge in [0.05, 0.1) is 6.26 Å². The topological polar surface area (TPSA) is 40.8 Å². The summed E-state index contributed by atoms with van der Waals surface area (Å²) in [6, 6.07) is 3.92. The molecule has 0 fully saturated rings. The average molecular weight is 419 g/mol. The highest BCUT2D eigenvalue weighted by Crippen LogP contribution is 2.01. The SMILES string of the molecule is C=CCCCN(C)C(=NCC(C)C)NCCc1ccco1.I. The minimum Gasteiger partial charge on any atom is -0.469 e. The van der Waals surface area contributed by atoms with Crippen molar-refractivity contribution in [2.24, 2.45) is 10.9 Å². The number of hydrogen-bond donors (Lipinski definition) is 1. The van der Waals surface area contributed by atoms with Crippen molar-refractivity contribution in [1.82, 2.24) is 10.2 Å². The number of halogens is 1. The van der Waals surface area contributed by atoms with Crippen LogP contribution in [0.3, 0.4) is 0 Å². The Kier molecular flexibility index (Phi) is 12.0. The molecule has 0 radical (unpaired) electrons. The molecule has 4 nitrogen and oxygen atoms in total. The summed E-state index contributed by atoms with van der Waals surface area (Å²) in [6.07, 6.45) is 6.68. The summed E-state index contributed by atoms with van der Waals surface area (Å²) in [4.78, 5) is 6.88. The first-order valence-corrected chi connectivity index (χ1v) is 7.76. The predicted octanol–water partition coefficient (Wildman–Crippen LogP) is 3.94. The number of hydrogen-bond acceptors (Lipinski definition) is 2.